The Bertz CT molecular complexity index is 987. The number of nitro benzene ring substituents is 1. The van der Waals surface area contributed by atoms with Crippen molar-refractivity contribution in [2.45, 2.75) is 19.0 Å². The summed E-state index contributed by atoms with van der Waals surface area (Å²) < 4.78 is 36.6. The number of benzene rings is 2. The standard InChI is InChI=1S/C21H21F3N4O4/c22-21(23,24)13-25-19(29)14-5-7-16(8-6-14)26-20(30)15-9-11-27(12-10-15)17-3-1-2-4-18(17)28(31)32/h1-8,15H,9-13H2,(H,25,29)(H,26,30). The van der Waals surface area contributed by atoms with Crippen LogP contribution in [0.3, 0.4) is 0 Å². The molecule has 0 radical (unpaired) electrons. The molecule has 170 valence electrons. The molecule has 0 unspecified atom stereocenters. The van der Waals surface area contributed by atoms with E-state index >= 15 is 0 Å². The number of piperidine rings is 1. The highest BCUT2D eigenvalue weighted by atomic mass is 19.4. The predicted octanol–water partition coefficient (Wildman–Crippen LogP) is 3.74. The van der Waals surface area contributed by atoms with Gasteiger partial charge in [-0.1, -0.05) is 12.1 Å². The number of nitro groups is 1. The maximum atomic E-state index is 12.6. The lowest BCUT2D eigenvalue weighted by molar-refractivity contribution is -0.384. The molecule has 8 nitrogen and oxygen atoms in total. The molecule has 0 atom stereocenters. The third kappa shape index (κ3) is 5.96. The van der Waals surface area contributed by atoms with Gasteiger partial charge in [-0.25, -0.2) is 0 Å². The van der Waals surface area contributed by atoms with Gasteiger partial charge in [0.25, 0.3) is 11.6 Å². The van der Waals surface area contributed by atoms with Gasteiger partial charge in [-0.05, 0) is 43.2 Å². The molecular formula is C21H21F3N4O4. The number of carbonyl (C=O) groups excluding carboxylic acids is 2. The Hall–Kier alpha value is -3.63. The molecule has 0 saturated carbocycles. The summed E-state index contributed by atoms with van der Waals surface area (Å²) in [5, 5.41) is 15.7. The molecule has 2 aromatic rings. The first kappa shape index (κ1) is 23.0. The minimum Gasteiger partial charge on any atom is -0.366 e. The Morgan fingerprint density at radius 2 is 1.69 bits per heavy atom. The summed E-state index contributed by atoms with van der Waals surface area (Å²) in [5.74, 6) is -1.37. The van der Waals surface area contributed by atoms with Crippen molar-refractivity contribution in [3.63, 3.8) is 0 Å². The summed E-state index contributed by atoms with van der Waals surface area (Å²) >= 11 is 0. The topological polar surface area (TPSA) is 105 Å². The van der Waals surface area contributed by atoms with E-state index in [1.807, 2.05) is 4.90 Å². The molecule has 0 bridgehead atoms. The minimum absolute atomic E-state index is 0.0229. The summed E-state index contributed by atoms with van der Waals surface area (Å²) in [6.07, 6.45) is -3.48. The molecular weight excluding hydrogens is 429 g/mol. The number of nitrogens with one attached hydrogen (secondary N) is 2. The van der Waals surface area contributed by atoms with Crippen molar-refractivity contribution in [3.05, 3.63) is 64.2 Å². The first-order valence-corrected chi connectivity index (χ1v) is 9.88. The van der Waals surface area contributed by atoms with Crippen molar-refractivity contribution in [1.29, 1.82) is 0 Å². The van der Waals surface area contributed by atoms with Crippen molar-refractivity contribution in [2.24, 2.45) is 5.92 Å². The molecule has 1 aliphatic rings. The molecule has 1 saturated heterocycles. The molecule has 0 aromatic heterocycles. The summed E-state index contributed by atoms with van der Waals surface area (Å²) in [7, 11) is 0. The fraction of sp³-hybridized carbons (Fsp3) is 0.333. The van der Waals surface area contributed by atoms with Crippen molar-refractivity contribution >= 4 is 28.9 Å². The van der Waals surface area contributed by atoms with Crippen LogP contribution in [-0.2, 0) is 4.79 Å². The van der Waals surface area contributed by atoms with Crippen LogP contribution in [0.5, 0.6) is 0 Å². The van der Waals surface area contributed by atoms with E-state index in [-0.39, 0.29) is 23.1 Å². The third-order valence-electron chi connectivity index (χ3n) is 5.15. The van der Waals surface area contributed by atoms with Crippen molar-refractivity contribution in [2.75, 3.05) is 29.9 Å². The van der Waals surface area contributed by atoms with Gasteiger partial charge in [0.05, 0.1) is 4.92 Å². The molecule has 32 heavy (non-hydrogen) atoms. The van der Waals surface area contributed by atoms with Crippen LogP contribution in [-0.4, -0.2) is 42.5 Å². The number of para-hydroxylation sites is 2. The number of halogens is 3. The van der Waals surface area contributed by atoms with E-state index < -0.39 is 23.6 Å². The van der Waals surface area contributed by atoms with E-state index in [1.54, 1.807) is 23.5 Å². The van der Waals surface area contributed by atoms with Crippen molar-refractivity contribution in [3.8, 4) is 0 Å². The van der Waals surface area contributed by atoms with E-state index in [9.17, 15) is 32.9 Å². The van der Waals surface area contributed by atoms with Crippen LogP contribution in [0.4, 0.5) is 30.2 Å². The number of hydrogen-bond acceptors (Lipinski definition) is 5. The zero-order chi connectivity index (χ0) is 23.3. The monoisotopic (exact) mass is 450 g/mol. The maximum Gasteiger partial charge on any atom is 0.405 e. The van der Waals surface area contributed by atoms with E-state index in [0.29, 0.717) is 37.3 Å². The lowest BCUT2D eigenvalue weighted by Gasteiger charge is -2.32. The lowest BCUT2D eigenvalue weighted by Crippen LogP contribution is -2.38. The smallest absolute Gasteiger partial charge is 0.366 e. The van der Waals surface area contributed by atoms with Crippen molar-refractivity contribution in [1.82, 2.24) is 5.32 Å². The van der Waals surface area contributed by atoms with Crippen LogP contribution in [0.15, 0.2) is 48.5 Å². The van der Waals surface area contributed by atoms with Gasteiger partial charge in [0.2, 0.25) is 5.91 Å². The largest absolute Gasteiger partial charge is 0.405 e. The molecule has 2 N–H and O–H groups in total. The van der Waals surface area contributed by atoms with Gasteiger partial charge < -0.3 is 15.5 Å². The average Bonchev–Trinajstić information content (AvgIpc) is 2.77. The number of carbonyl (C=O) groups is 2. The van der Waals surface area contributed by atoms with Gasteiger partial charge in [0.15, 0.2) is 0 Å². The second-order valence-electron chi connectivity index (χ2n) is 7.37. The van der Waals surface area contributed by atoms with Crippen LogP contribution in [0.25, 0.3) is 0 Å². The molecule has 2 aromatic carbocycles. The summed E-state index contributed by atoms with van der Waals surface area (Å²) in [4.78, 5) is 37.0. The zero-order valence-corrected chi connectivity index (χ0v) is 16.9. The summed E-state index contributed by atoms with van der Waals surface area (Å²) in [6, 6.07) is 12.0. The Morgan fingerprint density at radius 3 is 2.28 bits per heavy atom. The number of anilines is 2. The molecule has 1 heterocycles. The number of rotatable bonds is 6. The highest BCUT2D eigenvalue weighted by Gasteiger charge is 2.29. The summed E-state index contributed by atoms with van der Waals surface area (Å²) in [6.45, 7) is -0.447. The van der Waals surface area contributed by atoms with Crippen LogP contribution in [0, 0.1) is 16.0 Å². The Balaban J connectivity index is 1.53. The molecule has 1 fully saturated rings. The number of nitrogens with zero attached hydrogens (tertiary/aromatic N) is 2. The maximum absolute atomic E-state index is 12.6. The highest BCUT2D eigenvalue weighted by molar-refractivity contribution is 5.96. The van der Waals surface area contributed by atoms with Crippen molar-refractivity contribution < 1.29 is 27.7 Å². The van der Waals surface area contributed by atoms with Crippen LogP contribution < -0.4 is 15.5 Å². The Labute approximate surface area is 181 Å². The minimum atomic E-state index is -4.50. The first-order valence-electron chi connectivity index (χ1n) is 9.88. The second kappa shape index (κ2) is 9.67. The van der Waals surface area contributed by atoms with E-state index in [0.717, 1.165) is 0 Å². The molecule has 0 spiro atoms. The molecule has 0 aliphatic carbocycles. The first-order chi connectivity index (χ1) is 15.1. The van der Waals surface area contributed by atoms with Gasteiger partial charge in [-0.3, -0.25) is 19.7 Å². The van der Waals surface area contributed by atoms with E-state index in [2.05, 4.69) is 5.32 Å². The van der Waals surface area contributed by atoms with E-state index in [4.69, 9.17) is 0 Å². The van der Waals surface area contributed by atoms with Gasteiger partial charge >= 0.3 is 6.18 Å². The molecule has 11 heteroatoms. The number of hydrogen-bond donors (Lipinski definition) is 2. The fourth-order valence-electron chi connectivity index (χ4n) is 3.50. The van der Waals surface area contributed by atoms with Gasteiger partial charge in [0.1, 0.15) is 12.2 Å². The Morgan fingerprint density at radius 1 is 1.06 bits per heavy atom. The second-order valence-corrected chi connectivity index (χ2v) is 7.37. The highest BCUT2D eigenvalue weighted by Crippen LogP contribution is 2.31. The summed E-state index contributed by atoms with van der Waals surface area (Å²) in [5.41, 5.74) is 1.01. The van der Waals surface area contributed by atoms with Crippen LogP contribution in [0.1, 0.15) is 23.2 Å². The third-order valence-corrected chi connectivity index (χ3v) is 5.15. The van der Waals surface area contributed by atoms with Crippen LogP contribution >= 0.6 is 0 Å². The molecule has 1 aliphatic heterocycles. The number of amides is 2. The van der Waals surface area contributed by atoms with Gasteiger partial charge in [0, 0.05) is 36.3 Å². The normalized spacial score (nSPS) is 14.7. The number of alkyl halides is 3. The molecule has 2 amide bonds. The lowest BCUT2D eigenvalue weighted by atomic mass is 9.95. The molecule has 3 rings (SSSR count). The predicted molar refractivity (Wildman–Crippen MR) is 111 cm³/mol. The zero-order valence-electron chi connectivity index (χ0n) is 16.9. The SMILES string of the molecule is O=C(NCC(F)(F)F)c1ccc(NC(=O)C2CCN(c3ccccc3[N+](=O)[O-])CC2)cc1. The fourth-order valence-corrected chi connectivity index (χ4v) is 3.50. The Kier molecular flexibility index (Phi) is 6.96. The van der Waals surface area contributed by atoms with Gasteiger partial charge in [-0.15, -0.1) is 0 Å². The average molecular weight is 450 g/mol. The van der Waals surface area contributed by atoms with Gasteiger partial charge in [-0.2, -0.15) is 13.2 Å². The van der Waals surface area contributed by atoms with E-state index in [1.165, 1.54) is 30.3 Å². The quantitative estimate of drug-likeness (QED) is 0.515. The van der Waals surface area contributed by atoms with Crippen LogP contribution in [0.2, 0.25) is 0 Å².